The van der Waals surface area contributed by atoms with Crippen LogP contribution in [0.5, 0.6) is 0 Å². The highest BCUT2D eigenvalue weighted by Gasteiger charge is 2.22. The maximum atomic E-state index is 5.29. The zero-order valence-electron chi connectivity index (χ0n) is 10.8. The quantitative estimate of drug-likeness (QED) is 0.862. The number of para-hydroxylation sites is 1. The van der Waals surface area contributed by atoms with Crippen molar-refractivity contribution in [2.45, 2.75) is 26.0 Å². The first-order chi connectivity index (χ1) is 8.36. The molecular formula is C14H22N2O. The van der Waals surface area contributed by atoms with E-state index < -0.39 is 0 Å². The standard InChI is InChI=1S/C14H22N2O/c1-3-13-10-15-8-9-16(13)14-7-5-4-6-12(14)11-17-2/h4-7,13,15H,3,8-11H2,1-2H3. The molecule has 0 saturated carbocycles. The second kappa shape index (κ2) is 6.03. The first-order valence-electron chi connectivity index (χ1n) is 6.41. The van der Waals surface area contributed by atoms with E-state index in [1.807, 2.05) is 0 Å². The zero-order chi connectivity index (χ0) is 12.1. The summed E-state index contributed by atoms with van der Waals surface area (Å²) >= 11 is 0. The molecule has 0 aromatic heterocycles. The Morgan fingerprint density at radius 2 is 2.24 bits per heavy atom. The van der Waals surface area contributed by atoms with Gasteiger partial charge < -0.3 is 15.0 Å². The molecule has 94 valence electrons. The van der Waals surface area contributed by atoms with Gasteiger partial charge in [0.15, 0.2) is 0 Å². The minimum absolute atomic E-state index is 0.599. The number of nitrogens with zero attached hydrogens (tertiary/aromatic N) is 1. The van der Waals surface area contributed by atoms with Crippen LogP contribution in [0.4, 0.5) is 5.69 Å². The highest BCUT2D eigenvalue weighted by molar-refractivity contribution is 5.54. The first-order valence-corrected chi connectivity index (χ1v) is 6.41. The summed E-state index contributed by atoms with van der Waals surface area (Å²) in [6.45, 7) is 6.18. The van der Waals surface area contributed by atoms with Crippen LogP contribution >= 0.6 is 0 Å². The second-order valence-electron chi connectivity index (χ2n) is 4.52. The Morgan fingerprint density at radius 1 is 1.41 bits per heavy atom. The molecular weight excluding hydrogens is 212 g/mol. The van der Waals surface area contributed by atoms with Gasteiger partial charge in [0.1, 0.15) is 0 Å². The molecule has 1 saturated heterocycles. The van der Waals surface area contributed by atoms with Gasteiger partial charge in [0, 0.05) is 44.0 Å². The Labute approximate surface area is 104 Å². The van der Waals surface area contributed by atoms with Gasteiger partial charge in [-0.15, -0.1) is 0 Å². The average Bonchev–Trinajstić information content (AvgIpc) is 2.40. The van der Waals surface area contributed by atoms with Gasteiger partial charge in [-0.25, -0.2) is 0 Å². The fourth-order valence-corrected chi connectivity index (χ4v) is 2.51. The van der Waals surface area contributed by atoms with Gasteiger partial charge in [-0.2, -0.15) is 0 Å². The molecule has 17 heavy (non-hydrogen) atoms. The van der Waals surface area contributed by atoms with Crippen LogP contribution in [-0.4, -0.2) is 32.8 Å². The summed E-state index contributed by atoms with van der Waals surface area (Å²) in [6, 6.07) is 9.17. The van der Waals surface area contributed by atoms with Gasteiger partial charge >= 0.3 is 0 Å². The average molecular weight is 234 g/mol. The van der Waals surface area contributed by atoms with E-state index in [0.29, 0.717) is 12.6 Å². The molecule has 0 radical (unpaired) electrons. The second-order valence-corrected chi connectivity index (χ2v) is 4.52. The van der Waals surface area contributed by atoms with Crippen LogP contribution in [0.3, 0.4) is 0 Å². The molecule has 2 rings (SSSR count). The van der Waals surface area contributed by atoms with E-state index in [9.17, 15) is 0 Å². The van der Waals surface area contributed by atoms with Gasteiger partial charge in [0.25, 0.3) is 0 Å². The predicted octanol–water partition coefficient (Wildman–Crippen LogP) is 2.02. The lowest BCUT2D eigenvalue weighted by atomic mass is 10.1. The summed E-state index contributed by atoms with van der Waals surface area (Å²) in [7, 11) is 1.76. The predicted molar refractivity (Wildman–Crippen MR) is 71.4 cm³/mol. The van der Waals surface area contributed by atoms with Crippen LogP contribution in [0.25, 0.3) is 0 Å². The number of piperazine rings is 1. The van der Waals surface area contributed by atoms with Crippen molar-refractivity contribution in [3.8, 4) is 0 Å². The summed E-state index contributed by atoms with van der Waals surface area (Å²) in [5, 5.41) is 3.46. The van der Waals surface area contributed by atoms with Crippen LogP contribution in [0.1, 0.15) is 18.9 Å². The van der Waals surface area contributed by atoms with Crippen LogP contribution in [-0.2, 0) is 11.3 Å². The van der Waals surface area contributed by atoms with E-state index in [2.05, 4.69) is 41.4 Å². The summed E-state index contributed by atoms with van der Waals surface area (Å²) in [6.07, 6.45) is 1.17. The lowest BCUT2D eigenvalue weighted by Gasteiger charge is -2.38. The molecule has 1 fully saturated rings. The summed E-state index contributed by atoms with van der Waals surface area (Å²) in [5.74, 6) is 0. The molecule has 0 spiro atoms. The zero-order valence-corrected chi connectivity index (χ0v) is 10.8. The summed E-state index contributed by atoms with van der Waals surface area (Å²) in [5.41, 5.74) is 2.62. The fourth-order valence-electron chi connectivity index (χ4n) is 2.51. The van der Waals surface area contributed by atoms with E-state index in [4.69, 9.17) is 4.74 Å². The van der Waals surface area contributed by atoms with Crippen molar-refractivity contribution >= 4 is 5.69 Å². The van der Waals surface area contributed by atoms with E-state index in [1.165, 1.54) is 17.7 Å². The van der Waals surface area contributed by atoms with Crippen molar-refractivity contribution in [2.24, 2.45) is 0 Å². The van der Waals surface area contributed by atoms with Gasteiger partial charge in [-0.3, -0.25) is 0 Å². The smallest absolute Gasteiger partial charge is 0.0733 e. The van der Waals surface area contributed by atoms with Gasteiger partial charge in [-0.1, -0.05) is 25.1 Å². The van der Waals surface area contributed by atoms with Crippen LogP contribution in [0.2, 0.25) is 0 Å². The number of hydrogen-bond acceptors (Lipinski definition) is 3. The van der Waals surface area contributed by atoms with E-state index in [-0.39, 0.29) is 0 Å². The Morgan fingerprint density at radius 3 is 3.00 bits per heavy atom. The largest absolute Gasteiger partial charge is 0.380 e. The first kappa shape index (κ1) is 12.4. The van der Waals surface area contributed by atoms with Gasteiger partial charge in [0.05, 0.1) is 6.61 Å². The lowest BCUT2D eigenvalue weighted by Crippen LogP contribution is -2.51. The van der Waals surface area contributed by atoms with E-state index in [1.54, 1.807) is 7.11 Å². The normalized spacial score (nSPS) is 20.6. The number of hydrogen-bond donors (Lipinski definition) is 1. The summed E-state index contributed by atoms with van der Waals surface area (Å²) < 4.78 is 5.29. The van der Waals surface area contributed by atoms with E-state index in [0.717, 1.165) is 19.6 Å². The minimum Gasteiger partial charge on any atom is -0.380 e. The van der Waals surface area contributed by atoms with Crippen molar-refractivity contribution in [3.05, 3.63) is 29.8 Å². The number of ether oxygens (including phenoxy) is 1. The van der Waals surface area contributed by atoms with Crippen LogP contribution in [0, 0.1) is 0 Å². The highest BCUT2D eigenvalue weighted by Crippen LogP contribution is 2.24. The molecule has 0 amide bonds. The van der Waals surface area contributed by atoms with E-state index >= 15 is 0 Å². The number of nitrogens with one attached hydrogen (secondary N) is 1. The Bertz CT molecular complexity index is 354. The third kappa shape index (κ3) is 2.79. The van der Waals surface area contributed by atoms with Crippen molar-refractivity contribution in [1.29, 1.82) is 0 Å². The van der Waals surface area contributed by atoms with Crippen molar-refractivity contribution in [1.82, 2.24) is 5.32 Å². The maximum absolute atomic E-state index is 5.29. The Kier molecular flexibility index (Phi) is 4.40. The molecule has 0 aliphatic carbocycles. The molecule has 1 aliphatic rings. The Hall–Kier alpha value is -1.06. The molecule has 1 unspecified atom stereocenters. The highest BCUT2D eigenvalue weighted by atomic mass is 16.5. The molecule has 0 bridgehead atoms. The van der Waals surface area contributed by atoms with Gasteiger partial charge in [0.2, 0.25) is 0 Å². The topological polar surface area (TPSA) is 24.5 Å². The molecule has 1 aromatic rings. The molecule has 1 heterocycles. The molecule has 1 N–H and O–H groups in total. The number of rotatable bonds is 4. The van der Waals surface area contributed by atoms with Crippen molar-refractivity contribution in [2.75, 3.05) is 31.6 Å². The molecule has 1 aliphatic heterocycles. The van der Waals surface area contributed by atoms with Gasteiger partial charge in [-0.05, 0) is 12.5 Å². The molecule has 1 atom stereocenters. The monoisotopic (exact) mass is 234 g/mol. The molecule has 1 aromatic carbocycles. The van der Waals surface area contributed by atoms with Crippen LogP contribution < -0.4 is 10.2 Å². The molecule has 3 nitrogen and oxygen atoms in total. The minimum atomic E-state index is 0.599. The fraction of sp³-hybridized carbons (Fsp3) is 0.571. The maximum Gasteiger partial charge on any atom is 0.0733 e. The summed E-state index contributed by atoms with van der Waals surface area (Å²) in [4.78, 5) is 2.52. The number of anilines is 1. The van der Waals surface area contributed by atoms with Crippen molar-refractivity contribution in [3.63, 3.8) is 0 Å². The van der Waals surface area contributed by atoms with Crippen molar-refractivity contribution < 1.29 is 4.74 Å². The lowest BCUT2D eigenvalue weighted by molar-refractivity contribution is 0.185. The SMILES string of the molecule is CCC1CNCCN1c1ccccc1COC. The third-order valence-electron chi connectivity index (χ3n) is 3.42. The Balaban J connectivity index is 2.24. The third-order valence-corrected chi connectivity index (χ3v) is 3.42. The molecule has 3 heteroatoms. The number of benzene rings is 1. The van der Waals surface area contributed by atoms with Crippen LogP contribution in [0.15, 0.2) is 24.3 Å². The number of methoxy groups -OCH3 is 1.